The highest BCUT2D eigenvalue weighted by molar-refractivity contribution is 5.93. The zero-order chi connectivity index (χ0) is 19.6. The van der Waals surface area contributed by atoms with Crippen LogP contribution in [0.4, 0.5) is 0 Å². The number of amides is 2. The van der Waals surface area contributed by atoms with Gasteiger partial charge in [0.05, 0.1) is 6.54 Å². The molecule has 0 heterocycles. The van der Waals surface area contributed by atoms with Crippen molar-refractivity contribution < 1.29 is 9.59 Å². The first-order valence-corrected chi connectivity index (χ1v) is 9.30. The molecule has 0 bridgehead atoms. The Labute approximate surface area is 161 Å². The molecular weight excluding hydrogens is 338 g/mol. The van der Waals surface area contributed by atoms with Gasteiger partial charge in [-0.3, -0.25) is 14.5 Å². The fourth-order valence-electron chi connectivity index (χ4n) is 2.94. The first kappa shape index (κ1) is 20.6. The number of likely N-dealkylation sites (N-methyl/N-ethyl adjacent to an activating group) is 1. The highest BCUT2D eigenvalue weighted by Gasteiger charge is 2.11. The summed E-state index contributed by atoms with van der Waals surface area (Å²) in [5.41, 5.74) is 2.99. The molecule has 2 aromatic rings. The van der Waals surface area contributed by atoms with E-state index in [0.29, 0.717) is 18.7 Å². The van der Waals surface area contributed by atoms with Crippen molar-refractivity contribution in [2.24, 2.45) is 0 Å². The van der Waals surface area contributed by atoms with E-state index in [1.54, 1.807) is 19.2 Å². The molecule has 0 unspecified atom stereocenters. The summed E-state index contributed by atoms with van der Waals surface area (Å²) in [6.07, 6.45) is 1.87. The molecule has 0 fully saturated rings. The van der Waals surface area contributed by atoms with Crippen LogP contribution < -0.4 is 10.6 Å². The fourth-order valence-corrected chi connectivity index (χ4v) is 2.94. The summed E-state index contributed by atoms with van der Waals surface area (Å²) in [4.78, 5) is 25.8. The van der Waals surface area contributed by atoms with Crippen LogP contribution in [-0.2, 0) is 17.8 Å². The summed E-state index contributed by atoms with van der Waals surface area (Å²) in [7, 11) is 3.53. The number of carbonyl (C=O) groups is 2. The number of benzene rings is 2. The molecule has 144 valence electrons. The van der Waals surface area contributed by atoms with Crippen LogP contribution in [-0.4, -0.2) is 43.4 Å². The van der Waals surface area contributed by atoms with Gasteiger partial charge in [-0.25, -0.2) is 0 Å². The average Bonchev–Trinajstić information content (AvgIpc) is 2.67. The Kier molecular flexibility index (Phi) is 8.01. The van der Waals surface area contributed by atoms with Crippen molar-refractivity contribution >= 4 is 11.8 Å². The predicted octanol–water partition coefficient (Wildman–Crippen LogP) is 2.62. The van der Waals surface area contributed by atoms with Gasteiger partial charge >= 0.3 is 0 Å². The maximum absolute atomic E-state index is 12.2. The van der Waals surface area contributed by atoms with Gasteiger partial charge in [-0.2, -0.15) is 0 Å². The van der Waals surface area contributed by atoms with Crippen molar-refractivity contribution in [3.63, 3.8) is 0 Å². The van der Waals surface area contributed by atoms with E-state index in [9.17, 15) is 9.59 Å². The van der Waals surface area contributed by atoms with Gasteiger partial charge in [0, 0.05) is 25.2 Å². The van der Waals surface area contributed by atoms with Gasteiger partial charge in [0.1, 0.15) is 0 Å². The molecule has 0 radical (unpaired) electrons. The summed E-state index contributed by atoms with van der Waals surface area (Å²) >= 11 is 0. The lowest BCUT2D eigenvalue weighted by Gasteiger charge is -2.19. The first-order chi connectivity index (χ1) is 13.0. The van der Waals surface area contributed by atoms with E-state index in [1.165, 1.54) is 5.56 Å². The molecule has 1 atom stereocenters. The van der Waals surface area contributed by atoms with Gasteiger partial charge in [-0.1, -0.05) is 42.5 Å². The van der Waals surface area contributed by atoms with Gasteiger partial charge in [-0.05, 0) is 50.1 Å². The minimum atomic E-state index is -0.0984. The highest BCUT2D eigenvalue weighted by atomic mass is 16.2. The molecule has 0 saturated carbocycles. The zero-order valence-corrected chi connectivity index (χ0v) is 16.4. The van der Waals surface area contributed by atoms with Crippen molar-refractivity contribution in [3.05, 3.63) is 71.3 Å². The number of hydrogen-bond donors (Lipinski definition) is 2. The molecule has 2 N–H and O–H groups in total. The van der Waals surface area contributed by atoms with Crippen molar-refractivity contribution in [3.8, 4) is 0 Å². The molecule has 27 heavy (non-hydrogen) atoms. The van der Waals surface area contributed by atoms with Gasteiger partial charge in [0.15, 0.2) is 0 Å². The van der Waals surface area contributed by atoms with Gasteiger partial charge in [0.25, 0.3) is 5.91 Å². The molecule has 0 aliphatic rings. The van der Waals surface area contributed by atoms with Crippen molar-refractivity contribution in [2.75, 3.05) is 20.6 Å². The average molecular weight is 367 g/mol. The molecular formula is C22H29N3O2. The maximum Gasteiger partial charge on any atom is 0.251 e. The molecule has 5 heteroatoms. The smallest absolute Gasteiger partial charge is 0.251 e. The molecule has 2 rings (SSSR count). The standard InChI is InChI=1S/C22H29N3O2/c1-17(9-10-18-7-5-4-6-8-18)24-21(26)16-25(3)15-19-11-13-20(14-12-19)22(27)23-2/h4-8,11-14,17H,9-10,15-16H2,1-3H3,(H,23,27)(H,24,26)/t17-/m0/s1. The van der Waals surface area contributed by atoms with Crippen molar-refractivity contribution in [2.45, 2.75) is 32.4 Å². The summed E-state index contributed by atoms with van der Waals surface area (Å²) in [6, 6.07) is 17.9. The van der Waals surface area contributed by atoms with E-state index in [1.807, 2.05) is 49.2 Å². The molecule has 0 aliphatic carbocycles. The molecule has 2 amide bonds. The quantitative estimate of drug-likeness (QED) is 0.716. The lowest BCUT2D eigenvalue weighted by Crippen LogP contribution is -2.39. The number of nitrogens with one attached hydrogen (secondary N) is 2. The summed E-state index contributed by atoms with van der Waals surface area (Å²) in [5.74, 6) is -0.0705. The molecule has 0 saturated heterocycles. The molecule has 2 aromatic carbocycles. The second-order valence-corrected chi connectivity index (χ2v) is 6.94. The second-order valence-electron chi connectivity index (χ2n) is 6.94. The Morgan fingerprint density at radius 1 is 1.00 bits per heavy atom. The Balaban J connectivity index is 1.73. The topological polar surface area (TPSA) is 61.4 Å². The largest absolute Gasteiger partial charge is 0.355 e. The molecule has 5 nitrogen and oxygen atoms in total. The van der Waals surface area contributed by atoms with E-state index in [-0.39, 0.29) is 17.9 Å². The lowest BCUT2D eigenvalue weighted by molar-refractivity contribution is -0.122. The van der Waals surface area contributed by atoms with E-state index >= 15 is 0 Å². The summed E-state index contributed by atoms with van der Waals surface area (Å²) in [5, 5.41) is 5.67. The monoisotopic (exact) mass is 367 g/mol. The third-order valence-electron chi connectivity index (χ3n) is 4.43. The molecule has 0 aliphatic heterocycles. The van der Waals surface area contributed by atoms with E-state index < -0.39 is 0 Å². The van der Waals surface area contributed by atoms with Crippen LogP contribution in [0.5, 0.6) is 0 Å². The zero-order valence-electron chi connectivity index (χ0n) is 16.4. The predicted molar refractivity (Wildman–Crippen MR) is 109 cm³/mol. The van der Waals surface area contributed by atoms with E-state index in [4.69, 9.17) is 0 Å². The third-order valence-corrected chi connectivity index (χ3v) is 4.43. The Hall–Kier alpha value is -2.66. The highest BCUT2D eigenvalue weighted by Crippen LogP contribution is 2.07. The summed E-state index contributed by atoms with van der Waals surface area (Å²) in [6.45, 7) is 3.03. The van der Waals surface area contributed by atoms with Crippen LogP contribution in [0.15, 0.2) is 54.6 Å². The first-order valence-electron chi connectivity index (χ1n) is 9.30. The fraction of sp³-hybridized carbons (Fsp3) is 0.364. The van der Waals surface area contributed by atoms with Gasteiger partial charge < -0.3 is 10.6 Å². The Morgan fingerprint density at radius 2 is 1.67 bits per heavy atom. The van der Waals surface area contributed by atoms with Gasteiger partial charge in [0.2, 0.25) is 5.91 Å². The molecule has 0 spiro atoms. The Morgan fingerprint density at radius 3 is 2.30 bits per heavy atom. The number of carbonyl (C=O) groups excluding carboxylic acids is 2. The van der Waals surface area contributed by atoms with Crippen molar-refractivity contribution in [1.29, 1.82) is 0 Å². The number of hydrogen-bond acceptors (Lipinski definition) is 3. The van der Waals surface area contributed by atoms with Crippen LogP contribution >= 0.6 is 0 Å². The minimum Gasteiger partial charge on any atom is -0.355 e. The van der Waals surface area contributed by atoms with Crippen molar-refractivity contribution in [1.82, 2.24) is 15.5 Å². The van der Waals surface area contributed by atoms with Crippen LogP contribution in [0.3, 0.4) is 0 Å². The number of nitrogens with zero attached hydrogens (tertiary/aromatic N) is 1. The van der Waals surface area contributed by atoms with Crippen LogP contribution in [0.1, 0.15) is 34.8 Å². The normalized spacial score (nSPS) is 11.9. The maximum atomic E-state index is 12.2. The van der Waals surface area contributed by atoms with Crippen LogP contribution in [0, 0.1) is 0 Å². The second kappa shape index (κ2) is 10.5. The summed E-state index contributed by atoms with van der Waals surface area (Å²) < 4.78 is 0. The van der Waals surface area contributed by atoms with Gasteiger partial charge in [-0.15, -0.1) is 0 Å². The minimum absolute atomic E-state index is 0.0278. The third kappa shape index (κ3) is 7.23. The number of aryl methyl sites for hydroxylation is 1. The Bertz CT molecular complexity index is 729. The SMILES string of the molecule is CNC(=O)c1ccc(CN(C)CC(=O)N[C@@H](C)CCc2ccccc2)cc1. The number of rotatable bonds is 9. The molecule has 0 aromatic heterocycles. The van der Waals surface area contributed by atoms with E-state index in [0.717, 1.165) is 18.4 Å². The van der Waals surface area contributed by atoms with Crippen LogP contribution in [0.2, 0.25) is 0 Å². The van der Waals surface area contributed by atoms with Crippen LogP contribution in [0.25, 0.3) is 0 Å². The lowest BCUT2D eigenvalue weighted by atomic mass is 10.1. The van der Waals surface area contributed by atoms with E-state index in [2.05, 4.69) is 22.8 Å².